The van der Waals surface area contributed by atoms with Gasteiger partial charge in [-0.3, -0.25) is 4.79 Å². The predicted octanol–water partition coefficient (Wildman–Crippen LogP) is -0.200. The van der Waals surface area contributed by atoms with Crippen LogP contribution < -0.4 is 5.32 Å². The molecule has 2 saturated heterocycles. The van der Waals surface area contributed by atoms with E-state index in [9.17, 15) is 13.2 Å². The average Bonchev–Trinajstić information content (AvgIpc) is 2.42. The van der Waals surface area contributed by atoms with Crippen molar-refractivity contribution >= 4 is 16.2 Å². The van der Waals surface area contributed by atoms with Crippen LogP contribution in [-0.2, 0) is 19.7 Å². The van der Waals surface area contributed by atoms with Gasteiger partial charge in [-0.2, -0.15) is 17.0 Å². The Morgan fingerprint density at radius 3 is 2.33 bits per heavy atom. The lowest BCUT2D eigenvalue weighted by Gasteiger charge is -2.40. The van der Waals surface area contributed by atoms with Gasteiger partial charge in [0.25, 0.3) is 10.2 Å². The summed E-state index contributed by atoms with van der Waals surface area (Å²) in [5.41, 5.74) is 0. The fourth-order valence-electron chi connectivity index (χ4n) is 2.82. The number of hydrogen-bond acceptors (Lipinski definition) is 5. The molecule has 1 N–H and O–H groups in total. The molecular weight excluding hydrogens is 294 g/mol. The number of likely N-dealkylation sites (N-methyl/N-ethyl adjacent to an activating group) is 1. The molecule has 2 fully saturated rings. The van der Waals surface area contributed by atoms with Crippen LogP contribution in [0.2, 0.25) is 0 Å². The summed E-state index contributed by atoms with van der Waals surface area (Å²) in [7, 11) is -3.42. The van der Waals surface area contributed by atoms with E-state index in [1.165, 1.54) is 4.31 Å². The molecule has 8 heteroatoms. The van der Waals surface area contributed by atoms with Crippen molar-refractivity contribution in [2.24, 2.45) is 5.92 Å². The summed E-state index contributed by atoms with van der Waals surface area (Å²) in [5.74, 6) is -0.373. The van der Waals surface area contributed by atoms with Gasteiger partial charge in [-0.15, -0.1) is 0 Å². The number of ether oxygens (including phenoxy) is 1. The second-order valence-electron chi connectivity index (χ2n) is 5.45. The maximum atomic E-state index is 12.7. The highest BCUT2D eigenvalue weighted by atomic mass is 32.2. The fraction of sp³-hybridized carbons (Fsp3) is 0.923. The van der Waals surface area contributed by atoms with E-state index in [0.717, 1.165) is 0 Å². The molecule has 7 nitrogen and oxygen atoms in total. The predicted molar refractivity (Wildman–Crippen MR) is 78.9 cm³/mol. The van der Waals surface area contributed by atoms with Crippen LogP contribution in [0.15, 0.2) is 0 Å². The first-order valence-electron chi connectivity index (χ1n) is 7.65. The molecule has 21 heavy (non-hydrogen) atoms. The number of nitrogens with one attached hydrogen (secondary N) is 1. The van der Waals surface area contributed by atoms with Gasteiger partial charge >= 0.3 is 5.97 Å². The van der Waals surface area contributed by atoms with Crippen molar-refractivity contribution in [2.75, 3.05) is 39.3 Å². The molecule has 2 aliphatic rings. The van der Waals surface area contributed by atoms with Gasteiger partial charge in [-0.25, -0.2) is 0 Å². The quantitative estimate of drug-likeness (QED) is 0.686. The second-order valence-corrected chi connectivity index (χ2v) is 7.33. The Labute approximate surface area is 126 Å². The van der Waals surface area contributed by atoms with Crippen LogP contribution in [0.5, 0.6) is 0 Å². The molecule has 0 spiro atoms. The van der Waals surface area contributed by atoms with E-state index < -0.39 is 10.2 Å². The zero-order valence-electron chi connectivity index (χ0n) is 12.7. The number of hydrogen-bond donors (Lipinski definition) is 1. The number of nitrogens with zero attached hydrogens (tertiary/aromatic N) is 2. The standard InChI is InChI=1S/C13H25N3O4S/c1-3-16(12-9-14-10-12)21(18,19)15-7-5-11(6-8-15)13(17)20-4-2/h11-12,14H,3-10H2,1-2H3. The maximum absolute atomic E-state index is 12.7. The third-order valence-corrected chi connectivity index (χ3v) is 6.34. The van der Waals surface area contributed by atoms with Gasteiger partial charge in [0, 0.05) is 32.7 Å². The molecule has 2 heterocycles. The van der Waals surface area contributed by atoms with Gasteiger partial charge in [0.15, 0.2) is 0 Å². The second kappa shape index (κ2) is 7.04. The number of rotatable bonds is 6. The Morgan fingerprint density at radius 1 is 1.29 bits per heavy atom. The van der Waals surface area contributed by atoms with Gasteiger partial charge in [-0.1, -0.05) is 6.92 Å². The minimum absolute atomic E-state index is 0.0581. The molecule has 0 saturated carbocycles. The van der Waals surface area contributed by atoms with Crippen LogP contribution in [0.4, 0.5) is 0 Å². The lowest BCUT2D eigenvalue weighted by molar-refractivity contribution is -0.149. The van der Waals surface area contributed by atoms with E-state index in [1.54, 1.807) is 11.2 Å². The van der Waals surface area contributed by atoms with Crippen LogP contribution in [0.25, 0.3) is 0 Å². The molecule has 0 aliphatic carbocycles. The largest absolute Gasteiger partial charge is 0.466 e. The highest BCUT2D eigenvalue weighted by Gasteiger charge is 2.39. The summed E-state index contributed by atoms with van der Waals surface area (Å²) in [5, 5.41) is 3.10. The summed E-state index contributed by atoms with van der Waals surface area (Å²) in [4.78, 5) is 11.7. The van der Waals surface area contributed by atoms with Crippen molar-refractivity contribution in [3.8, 4) is 0 Å². The Hall–Kier alpha value is -0.700. The first kappa shape index (κ1) is 16.7. The normalized spacial score (nSPS) is 22.2. The summed E-state index contributed by atoms with van der Waals surface area (Å²) in [6, 6.07) is 0.0581. The van der Waals surface area contributed by atoms with Crippen molar-refractivity contribution in [3.63, 3.8) is 0 Å². The summed E-state index contributed by atoms with van der Waals surface area (Å²) >= 11 is 0. The molecular formula is C13H25N3O4S. The summed E-state index contributed by atoms with van der Waals surface area (Å²) in [6.45, 7) is 6.70. The molecule has 0 radical (unpaired) electrons. The van der Waals surface area contributed by atoms with Gasteiger partial charge in [0.2, 0.25) is 0 Å². The van der Waals surface area contributed by atoms with Crippen LogP contribution in [0.3, 0.4) is 0 Å². The highest BCUT2D eigenvalue weighted by molar-refractivity contribution is 7.86. The average molecular weight is 319 g/mol. The Kier molecular flexibility index (Phi) is 5.59. The molecule has 0 atom stereocenters. The fourth-order valence-corrected chi connectivity index (χ4v) is 4.64. The van der Waals surface area contributed by atoms with Gasteiger partial charge in [0.05, 0.1) is 18.6 Å². The van der Waals surface area contributed by atoms with E-state index in [2.05, 4.69) is 5.32 Å². The molecule has 122 valence electrons. The molecule has 0 aromatic heterocycles. The first-order valence-corrected chi connectivity index (χ1v) is 9.04. The van der Waals surface area contributed by atoms with Crippen LogP contribution in [0.1, 0.15) is 26.7 Å². The molecule has 0 aromatic carbocycles. The third kappa shape index (κ3) is 3.56. The van der Waals surface area contributed by atoms with Crippen molar-refractivity contribution in [1.82, 2.24) is 13.9 Å². The Balaban J connectivity index is 1.95. The monoisotopic (exact) mass is 319 g/mol. The smallest absolute Gasteiger partial charge is 0.309 e. The minimum Gasteiger partial charge on any atom is -0.466 e. The van der Waals surface area contributed by atoms with E-state index in [1.807, 2.05) is 6.92 Å². The molecule has 0 amide bonds. The van der Waals surface area contributed by atoms with Crippen LogP contribution >= 0.6 is 0 Å². The number of esters is 1. The molecule has 0 aromatic rings. The van der Waals surface area contributed by atoms with Crippen molar-refractivity contribution in [2.45, 2.75) is 32.7 Å². The summed E-state index contributed by atoms with van der Waals surface area (Å²) in [6.07, 6.45) is 1.08. The summed E-state index contributed by atoms with van der Waals surface area (Å²) < 4.78 is 33.4. The van der Waals surface area contributed by atoms with Gasteiger partial charge in [0.1, 0.15) is 0 Å². The molecule has 2 rings (SSSR count). The zero-order valence-corrected chi connectivity index (χ0v) is 13.6. The maximum Gasteiger partial charge on any atom is 0.309 e. The number of carbonyl (C=O) groups is 1. The molecule has 0 bridgehead atoms. The lowest BCUT2D eigenvalue weighted by Crippen LogP contribution is -2.61. The number of carbonyl (C=O) groups excluding carboxylic acids is 1. The van der Waals surface area contributed by atoms with E-state index >= 15 is 0 Å². The Morgan fingerprint density at radius 2 is 1.90 bits per heavy atom. The van der Waals surface area contributed by atoms with Crippen molar-refractivity contribution in [1.29, 1.82) is 0 Å². The van der Waals surface area contributed by atoms with Crippen molar-refractivity contribution in [3.05, 3.63) is 0 Å². The van der Waals surface area contributed by atoms with Crippen LogP contribution in [0, 0.1) is 5.92 Å². The lowest BCUT2D eigenvalue weighted by atomic mass is 9.98. The van der Waals surface area contributed by atoms with Crippen molar-refractivity contribution < 1.29 is 17.9 Å². The van der Waals surface area contributed by atoms with Gasteiger partial charge < -0.3 is 10.1 Å². The van der Waals surface area contributed by atoms with Crippen LogP contribution in [-0.4, -0.2) is 68.4 Å². The zero-order chi connectivity index (χ0) is 15.5. The number of piperidine rings is 1. The minimum atomic E-state index is -3.42. The Bertz CT molecular complexity index is 456. The molecule has 0 unspecified atom stereocenters. The SMILES string of the molecule is CCOC(=O)C1CCN(S(=O)(=O)N(CC)C2CNC2)CC1. The van der Waals surface area contributed by atoms with E-state index in [0.29, 0.717) is 52.2 Å². The van der Waals surface area contributed by atoms with E-state index in [4.69, 9.17) is 4.74 Å². The first-order chi connectivity index (χ1) is 10.0. The van der Waals surface area contributed by atoms with Gasteiger partial charge in [-0.05, 0) is 19.8 Å². The topological polar surface area (TPSA) is 79.0 Å². The highest BCUT2D eigenvalue weighted by Crippen LogP contribution is 2.24. The van der Waals surface area contributed by atoms with E-state index in [-0.39, 0.29) is 17.9 Å². The third-order valence-electron chi connectivity index (χ3n) is 4.18. The molecule has 2 aliphatic heterocycles.